The van der Waals surface area contributed by atoms with Crippen LogP contribution in [0.4, 0.5) is 0 Å². The lowest BCUT2D eigenvalue weighted by molar-refractivity contribution is 0.0596. The largest absolute Gasteiger partial charge is 0.465 e. The van der Waals surface area contributed by atoms with E-state index in [0.29, 0.717) is 13.0 Å². The van der Waals surface area contributed by atoms with Crippen molar-refractivity contribution in [2.75, 3.05) is 27.2 Å². The lowest BCUT2D eigenvalue weighted by atomic mass is 10.2. The van der Waals surface area contributed by atoms with E-state index in [1.165, 1.54) is 25.3 Å². The van der Waals surface area contributed by atoms with E-state index in [-0.39, 0.29) is 34.4 Å². The van der Waals surface area contributed by atoms with Gasteiger partial charge in [-0.2, -0.15) is 0 Å². The Hall–Kier alpha value is -0.860. The number of halogens is 2. The summed E-state index contributed by atoms with van der Waals surface area (Å²) in [7, 11) is -0.845. The summed E-state index contributed by atoms with van der Waals surface area (Å²) in [6.45, 7) is 0.943. The van der Waals surface area contributed by atoms with Crippen LogP contribution in [0.5, 0.6) is 0 Å². The average Bonchev–Trinajstić information content (AvgIpc) is 2.42. The van der Waals surface area contributed by atoms with Crippen molar-refractivity contribution in [1.29, 1.82) is 0 Å². The highest BCUT2D eigenvalue weighted by atomic mass is 35.5. The SMILES string of the molecule is CNCCCNS(=O)(=O)c1cc(Cl)ccc1C(=O)OC.Cl. The van der Waals surface area contributed by atoms with Crippen molar-refractivity contribution >= 4 is 40.0 Å². The molecule has 0 unspecified atom stereocenters. The highest BCUT2D eigenvalue weighted by Gasteiger charge is 2.23. The van der Waals surface area contributed by atoms with Crippen molar-refractivity contribution in [2.45, 2.75) is 11.3 Å². The molecular formula is C12H18Cl2N2O4S. The molecule has 0 saturated heterocycles. The Morgan fingerprint density at radius 3 is 2.57 bits per heavy atom. The van der Waals surface area contributed by atoms with E-state index in [1.54, 1.807) is 7.05 Å². The molecule has 21 heavy (non-hydrogen) atoms. The van der Waals surface area contributed by atoms with E-state index in [2.05, 4.69) is 14.8 Å². The number of nitrogens with one attached hydrogen (secondary N) is 2. The Morgan fingerprint density at radius 1 is 1.33 bits per heavy atom. The van der Waals surface area contributed by atoms with E-state index in [1.807, 2.05) is 0 Å². The fourth-order valence-corrected chi connectivity index (χ4v) is 3.07. The number of carbonyl (C=O) groups excluding carboxylic acids is 1. The van der Waals surface area contributed by atoms with Crippen LogP contribution in [0.25, 0.3) is 0 Å². The van der Waals surface area contributed by atoms with Gasteiger partial charge in [-0.25, -0.2) is 17.9 Å². The van der Waals surface area contributed by atoms with Crippen molar-refractivity contribution in [3.63, 3.8) is 0 Å². The Labute approximate surface area is 135 Å². The zero-order valence-electron chi connectivity index (χ0n) is 11.7. The molecule has 0 heterocycles. The second kappa shape index (κ2) is 9.22. The van der Waals surface area contributed by atoms with Gasteiger partial charge in [0.15, 0.2) is 0 Å². The van der Waals surface area contributed by atoms with Gasteiger partial charge in [-0.3, -0.25) is 0 Å². The summed E-state index contributed by atoms with van der Waals surface area (Å²) in [5.74, 6) is -0.725. The second-order valence-corrected chi connectivity index (χ2v) is 6.16. The van der Waals surface area contributed by atoms with Gasteiger partial charge in [-0.15, -0.1) is 12.4 Å². The molecule has 0 aromatic heterocycles. The number of esters is 1. The van der Waals surface area contributed by atoms with Gasteiger partial charge in [-0.1, -0.05) is 11.6 Å². The van der Waals surface area contributed by atoms with Crippen LogP contribution in [0.2, 0.25) is 5.02 Å². The van der Waals surface area contributed by atoms with Crippen molar-refractivity contribution in [2.24, 2.45) is 0 Å². The molecule has 1 aromatic carbocycles. The molecule has 9 heteroatoms. The molecule has 0 spiro atoms. The summed E-state index contributed by atoms with van der Waals surface area (Å²) in [5.41, 5.74) is -0.0435. The van der Waals surface area contributed by atoms with Crippen LogP contribution in [-0.4, -0.2) is 41.6 Å². The molecule has 0 bridgehead atoms. The quantitative estimate of drug-likeness (QED) is 0.570. The summed E-state index contributed by atoms with van der Waals surface area (Å²) in [5, 5.41) is 3.14. The van der Waals surface area contributed by atoms with Crippen LogP contribution >= 0.6 is 24.0 Å². The predicted octanol–water partition coefficient (Wildman–Crippen LogP) is 1.44. The van der Waals surface area contributed by atoms with Gasteiger partial charge in [0.25, 0.3) is 0 Å². The zero-order valence-corrected chi connectivity index (χ0v) is 14.1. The van der Waals surface area contributed by atoms with Crippen molar-refractivity contribution < 1.29 is 17.9 Å². The Kier molecular flexibility index (Phi) is 8.84. The topological polar surface area (TPSA) is 84.5 Å². The van der Waals surface area contributed by atoms with Gasteiger partial charge in [0.1, 0.15) is 0 Å². The molecule has 120 valence electrons. The maximum Gasteiger partial charge on any atom is 0.339 e. The minimum absolute atomic E-state index is 0. The predicted molar refractivity (Wildman–Crippen MR) is 83.8 cm³/mol. The smallest absolute Gasteiger partial charge is 0.339 e. The van der Waals surface area contributed by atoms with Crippen molar-refractivity contribution in [1.82, 2.24) is 10.0 Å². The maximum absolute atomic E-state index is 12.2. The third-order valence-corrected chi connectivity index (χ3v) is 4.27. The maximum atomic E-state index is 12.2. The minimum Gasteiger partial charge on any atom is -0.465 e. The Balaban J connectivity index is 0.00000400. The summed E-state index contributed by atoms with van der Waals surface area (Å²) in [4.78, 5) is 11.4. The molecule has 1 aromatic rings. The summed E-state index contributed by atoms with van der Waals surface area (Å²) in [6, 6.07) is 4.00. The molecule has 6 nitrogen and oxygen atoms in total. The number of sulfonamides is 1. The van der Waals surface area contributed by atoms with Crippen LogP contribution in [-0.2, 0) is 14.8 Å². The standard InChI is InChI=1S/C12H17ClN2O4S.ClH/c1-14-6-3-7-15-20(17,18)11-8-9(13)4-5-10(11)12(16)19-2;/h4-5,8,14-15H,3,6-7H2,1-2H3;1H. The monoisotopic (exact) mass is 356 g/mol. The first-order valence-corrected chi connectivity index (χ1v) is 7.80. The molecule has 0 saturated carbocycles. The van der Waals surface area contributed by atoms with E-state index in [4.69, 9.17) is 11.6 Å². The van der Waals surface area contributed by atoms with Crippen LogP contribution in [0.15, 0.2) is 23.1 Å². The van der Waals surface area contributed by atoms with Gasteiger partial charge < -0.3 is 10.1 Å². The average molecular weight is 357 g/mol. The van der Waals surface area contributed by atoms with E-state index < -0.39 is 16.0 Å². The zero-order chi connectivity index (χ0) is 15.2. The Morgan fingerprint density at radius 2 is 2.00 bits per heavy atom. The van der Waals surface area contributed by atoms with Crippen molar-refractivity contribution in [3.05, 3.63) is 28.8 Å². The van der Waals surface area contributed by atoms with Gasteiger partial charge in [0.05, 0.1) is 17.6 Å². The molecule has 1 rings (SSSR count). The fraction of sp³-hybridized carbons (Fsp3) is 0.417. The van der Waals surface area contributed by atoms with Gasteiger partial charge in [-0.05, 0) is 38.2 Å². The molecule has 0 fully saturated rings. The first kappa shape index (κ1) is 20.1. The number of hydrogen-bond donors (Lipinski definition) is 2. The van der Waals surface area contributed by atoms with E-state index in [9.17, 15) is 13.2 Å². The van der Waals surface area contributed by atoms with E-state index >= 15 is 0 Å². The number of hydrogen-bond acceptors (Lipinski definition) is 5. The third kappa shape index (κ3) is 5.80. The first-order chi connectivity index (χ1) is 9.42. The number of ether oxygens (including phenoxy) is 1. The highest BCUT2D eigenvalue weighted by Crippen LogP contribution is 2.21. The van der Waals surface area contributed by atoms with Gasteiger partial charge in [0, 0.05) is 11.6 Å². The van der Waals surface area contributed by atoms with Crippen LogP contribution in [0.3, 0.4) is 0 Å². The van der Waals surface area contributed by atoms with Gasteiger partial charge >= 0.3 is 5.97 Å². The molecular weight excluding hydrogens is 339 g/mol. The number of methoxy groups -OCH3 is 1. The van der Waals surface area contributed by atoms with Gasteiger partial charge in [0.2, 0.25) is 10.0 Å². The number of benzene rings is 1. The second-order valence-electron chi connectivity index (χ2n) is 3.99. The molecule has 0 amide bonds. The summed E-state index contributed by atoms with van der Waals surface area (Å²) < 4.78 is 31.4. The highest BCUT2D eigenvalue weighted by molar-refractivity contribution is 7.89. The van der Waals surface area contributed by atoms with Crippen LogP contribution in [0, 0.1) is 0 Å². The molecule has 0 atom stereocenters. The summed E-state index contributed by atoms with van der Waals surface area (Å²) in [6.07, 6.45) is 0.629. The van der Waals surface area contributed by atoms with Crippen molar-refractivity contribution in [3.8, 4) is 0 Å². The number of rotatable bonds is 7. The lowest BCUT2D eigenvalue weighted by Gasteiger charge is -2.10. The van der Waals surface area contributed by atoms with Crippen LogP contribution in [0.1, 0.15) is 16.8 Å². The molecule has 0 aliphatic rings. The minimum atomic E-state index is -3.81. The first-order valence-electron chi connectivity index (χ1n) is 5.94. The summed E-state index contributed by atoms with van der Waals surface area (Å²) >= 11 is 5.80. The Bertz CT molecular complexity index is 579. The van der Waals surface area contributed by atoms with Crippen LogP contribution < -0.4 is 10.0 Å². The third-order valence-electron chi connectivity index (χ3n) is 2.53. The molecule has 0 aliphatic heterocycles. The normalized spacial score (nSPS) is 10.8. The fourth-order valence-electron chi connectivity index (χ4n) is 1.55. The number of carbonyl (C=O) groups is 1. The molecule has 2 N–H and O–H groups in total. The molecule has 0 radical (unpaired) electrons. The van der Waals surface area contributed by atoms with E-state index in [0.717, 1.165) is 0 Å². The lowest BCUT2D eigenvalue weighted by Crippen LogP contribution is -2.28. The molecule has 0 aliphatic carbocycles.